The van der Waals surface area contributed by atoms with Gasteiger partial charge in [-0.2, -0.15) is 5.10 Å². The lowest BCUT2D eigenvalue weighted by Gasteiger charge is -2.35. The number of anilines is 1. The van der Waals surface area contributed by atoms with Gasteiger partial charge in [-0.05, 0) is 43.0 Å². The number of H-pyrrole nitrogens is 1. The molecule has 0 saturated carbocycles. The minimum absolute atomic E-state index is 0.0703. The summed E-state index contributed by atoms with van der Waals surface area (Å²) in [4.78, 5) is 20.2. The molecule has 2 aliphatic rings. The molecule has 0 spiro atoms. The van der Waals surface area contributed by atoms with Crippen molar-refractivity contribution < 1.29 is 4.79 Å². The fraction of sp³-hybridized carbons (Fsp3) is 0.350. The van der Waals surface area contributed by atoms with Crippen molar-refractivity contribution in [3.8, 4) is 0 Å². The molecule has 1 N–H and O–H groups in total. The molecule has 5 rings (SSSR count). The number of aryl methyl sites for hydroxylation is 2. The fourth-order valence-corrected chi connectivity index (χ4v) is 3.97. The van der Waals surface area contributed by atoms with Gasteiger partial charge in [0, 0.05) is 37.1 Å². The van der Waals surface area contributed by atoms with E-state index in [0.29, 0.717) is 18.8 Å². The molecule has 0 radical (unpaired) electrons. The third-order valence-electron chi connectivity index (χ3n) is 5.46. The quantitative estimate of drug-likeness (QED) is 0.773. The first-order chi connectivity index (χ1) is 12.8. The Morgan fingerprint density at radius 1 is 1.00 bits per heavy atom. The van der Waals surface area contributed by atoms with Crippen molar-refractivity contribution in [3.05, 3.63) is 53.3 Å². The molecule has 1 aliphatic heterocycles. The van der Waals surface area contributed by atoms with Gasteiger partial charge in [-0.25, -0.2) is 0 Å². The largest absolute Gasteiger partial charge is 0.352 e. The highest BCUT2D eigenvalue weighted by atomic mass is 16.2. The number of aromatic nitrogens is 3. The van der Waals surface area contributed by atoms with Crippen LogP contribution in [0.4, 0.5) is 5.82 Å². The number of fused-ring (bicyclic) bond motifs is 2. The van der Waals surface area contributed by atoms with E-state index in [2.05, 4.69) is 26.1 Å². The van der Waals surface area contributed by atoms with Crippen molar-refractivity contribution in [2.24, 2.45) is 0 Å². The fourth-order valence-electron chi connectivity index (χ4n) is 3.97. The summed E-state index contributed by atoms with van der Waals surface area (Å²) in [5.74, 6) is 1.02. The molecule has 1 aliphatic carbocycles. The number of benzene rings is 1. The number of amides is 1. The number of aromatic amines is 1. The summed E-state index contributed by atoms with van der Waals surface area (Å²) in [6.07, 6.45) is 3.34. The Bertz CT molecular complexity index is 938. The first kappa shape index (κ1) is 15.4. The van der Waals surface area contributed by atoms with E-state index in [0.717, 1.165) is 48.3 Å². The average molecular weight is 347 g/mol. The molecule has 1 saturated heterocycles. The van der Waals surface area contributed by atoms with Gasteiger partial charge < -0.3 is 14.8 Å². The van der Waals surface area contributed by atoms with Crippen LogP contribution in [0.3, 0.4) is 0 Å². The Labute approximate surface area is 151 Å². The molecule has 3 heterocycles. The number of nitrogens with one attached hydrogen (secondary N) is 1. The SMILES string of the molecule is O=C(c1cc2ccccc2[nH]1)N1CCN(c2cc3c(nn2)CCC3)CC1. The molecular formula is C20H21N5O. The van der Waals surface area contributed by atoms with Crippen LogP contribution < -0.4 is 4.90 Å². The molecule has 132 valence electrons. The number of hydrogen-bond donors (Lipinski definition) is 1. The summed E-state index contributed by atoms with van der Waals surface area (Å²) in [6, 6.07) is 12.1. The van der Waals surface area contributed by atoms with E-state index in [4.69, 9.17) is 0 Å². The van der Waals surface area contributed by atoms with E-state index in [1.54, 1.807) is 0 Å². The van der Waals surface area contributed by atoms with E-state index in [1.807, 2.05) is 35.2 Å². The van der Waals surface area contributed by atoms with Gasteiger partial charge in [-0.1, -0.05) is 18.2 Å². The van der Waals surface area contributed by atoms with Gasteiger partial charge in [-0.15, -0.1) is 5.10 Å². The molecule has 0 bridgehead atoms. The summed E-state index contributed by atoms with van der Waals surface area (Å²) in [5.41, 5.74) is 4.16. The molecule has 6 nitrogen and oxygen atoms in total. The van der Waals surface area contributed by atoms with Gasteiger partial charge >= 0.3 is 0 Å². The van der Waals surface area contributed by atoms with E-state index >= 15 is 0 Å². The summed E-state index contributed by atoms with van der Waals surface area (Å²) in [7, 11) is 0. The molecule has 1 amide bonds. The Kier molecular flexibility index (Phi) is 3.62. The molecule has 2 aromatic heterocycles. The molecule has 6 heteroatoms. The third-order valence-corrected chi connectivity index (χ3v) is 5.46. The molecule has 1 fully saturated rings. The third kappa shape index (κ3) is 2.62. The van der Waals surface area contributed by atoms with Crippen LogP contribution in [-0.2, 0) is 12.8 Å². The van der Waals surface area contributed by atoms with Crippen LogP contribution in [0.15, 0.2) is 36.4 Å². The lowest BCUT2D eigenvalue weighted by Crippen LogP contribution is -2.49. The van der Waals surface area contributed by atoms with Gasteiger partial charge in [-0.3, -0.25) is 4.79 Å². The van der Waals surface area contributed by atoms with Gasteiger partial charge in [0.15, 0.2) is 5.82 Å². The van der Waals surface area contributed by atoms with Gasteiger partial charge in [0.1, 0.15) is 5.69 Å². The summed E-state index contributed by atoms with van der Waals surface area (Å²) >= 11 is 0. The predicted molar refractivity (Wildman–Crippen MR) is 100 cm³/mol. The minimum atomic E-state index is 0.0703. The Hall–Kier alpha value is -2.89. The molecule has 3 aromatic rings. The summed E-state index contributed by atoms with van der Waals surface area (Å²) < 4.78 is 0. The maximum absolute atomic E-state index is 12.8. The van der Waals surface area contributed by atoms with Gasteiger partial charge in [0.25, 0.3) is 5.91 Å². The topological polar surface area (TPSA) is 65.1 Å². The minimum Gasteiger partial charge on any atom is -0.352 e. The van der Waals surface area contributed by atoms with E-state index < -0.39 is 0 Å². The Morgan fingerprint density at radius 2 is 1.85 bits per heavy atom. The number of carbonyl (C=O) groups excluding carboxylic acids is 1. The second-order valence-corrected chi connectivity index (χ2v) is 7.08. The zero-order chi connectivity index (χ0) is 17.5. The second kappa shape index (κ2) is 6.12. The Morgan fingerprint density at radius 3 is 2.69 bits per heavy atom. The van der Waals surface area contributed by atoms with Crippen molar-refractivity contribution in [1.29, 1.82) is 0 Å². The van der Waals surface area contributed by atoms with Crippen LogP contribution in [0.2, 0.25) is 0 Å². The molecule has 1 aromatic carbocycles. The van der Waals surface area contributed by atoms with Crippen molar-refractivity contribution in [1.82, 2.24) is 20.1 Å². The van der Waals surface area contributed by atoms with Gasteiger partial charge in [0.05, 0.1) is 5.69 Å². The first-order valence-corrected chi connectivity index (χ1v) is 9.25. The van der Waals surface area contributed by atoms with Crippen LogP contribution in [0.1, 0.15) is 28.2 Å². The zero-order valence-electron chi connectivity index (χ0n) is 14.6. The average Bonchev–Trinajstić information content (AvgIpc) is 3.33. The summed E-state index contributed by atoms with van der Waals surface area (Å²) in [6.45, 7) is 2.98. The maximum Gasteiger partial charge on any atom is 0.270 e. The monoisotopic (exact) mass is 347 g/mol. The van der Waals surface area contributed by atoms with Crippen LogP contribution >= 0.6 is 0 Å². The second-order valence-electron chi connectivity index (χ2n) is 7.08. The van der Waals surface area contributed by atoms with E-state index in [9.17, 15) is 4.79 Å². The Balaban J connectivity index is 1.28. The van der Waals surface area contributed by atoms with Crippen LogP contribution in [0.25, 0.3) is 10.9 Å². The standard InChI is InChI=1S/C20H21N5O/c26-20(18-12-14-4-1-2-6-16(14)21-18)25-10-8-24(9-11-25)19-13-15-5-3-7-17(15)22-23-19/h1-2,4,6,12-13,21H,3,5,7-11H2. The number of hydrogen-bond acceptors (Lipinski definition) is 4. The predicted octanol–water partition coefficient (Wildman–Crippen LogP) is 2.41. The van der Waals surface area contributed by atoms with Crippen LogP contribution in [0.5, 0.6) is 0 Å². The smallest absolute Gasteiger partial charge is 0.270 e. The number of rotatable bonds is 2. The molecule has 0 unspecified atom stereocenters. The van der Waals surface area contributed by atoms with Crippen LogP contribution in [0, 0.1) is 0 Å². The highest BCUT2D eigenvalue weighted by Crippen LogP contribution is 2.24. The molecule has 0 atom stereocenters. The number of carbonyl (C=O) groups is 1. The van der Waals surface area contributed by atoms with E-state index in [1.165, 1.54) is 12.0 Å². The van der Waals surface area contributed by atoms with Crippen molar-refractivity contribution in [3.63, 3.8) is 0 Å². The molecular weight excluding hydrogens is 326 g/mol. The lowest BCUT2D eigenvalue weighted by molar-refractivity contribution is 0.0741. The summed E-state index contributed by atoms with van der Waals surface area (Å²) in [5, 5.41) is 9.85. The zero-order valence-corrected chi connectivity index (χ0v) is 14.6. The lowest BCUT2D eigenvalue weighted by atomic mass is 10.2. The van der Waals surface area contributed by atoms with Gasteiger partial charge in [0.2, 0.25) is 0 Å². The van der Waals surface area contributed by atoms with Crippen molar-refractivity contribution in [2.45, 2.75) is 19.3 Å². The normalized spacial score (nSPS) is 16.9. The molecule has 26 heavy (non-hydrogen) atoms. The van der Waals surface area contributed by atoms with Crippen molar-refractivity contribution in [2.75, 3.05) is 31.1 Å². The first-order valence-electron chi connectivity index (χ1n) is 9.25. The highest BCUT2D eigenvalue weighted by molar-refractivity contribution is 5.98. The highest BCUT2D eigenvalue weighted by Gasteiger charge is 2.25. The number of nitrogens with zero attached hydrogens (tertiary/aromatic N) is 4. The number of para-hydroxylation sites is 1. The number of piperazine rings is 1. The maximum atomic E-state index is 12.8. The van der Waals surface area contributed by atoms with Crippen LogP contribution in [-0.4, -0.2) is 52.2 Å². The van der Waals surface area contributed by atoms with Crippen molar-refractivity contribution >= 4 is 22.6 Å². The van der Waals surface area contributed by atoms with E-state index in [-0.39, 0.29) is 5.91 Å².